The zero-order chi connectivity index (χ0) is 7.56. The molecule has 0 aromatic carbocycles. The number of imidazole rings is 1. The summed E-state index contributed by atoms with van der Waals surface area (Å²) < 4.78 is 13.7. The van der Waals surface area contributed by atoms with Gasteiger partial charge in [0.2, 0.25) is 0 Å². The summed E-state index contributed by atoms with van der Waals surface area (Å²) in [5.41, 5.74) is 6.19. The number of nitrogens with two attached hydrogens (primary N) is 1. The summed E-state index contributed by atoms with van der Waals surface area (Å²) in [6, 6.07) is 0. The molecule has 0 spiro atoms. The van der Waals surface area contributed by atoms with E-state index in [1.807, 2.05) is 0 Å². The summed E-state index contributed by atoms with van der Waals surface area (Å²) in [6.45, 7) is -0.125. The predicted octanol–water partition coefficient (Wildman–Crippen LogP) is 0.348. The minimum Gasteiger partial charge on any atom is -0.332 e. The first kappa shape index (κ1) is 7.21. The van der Waals surface area contributed by atoms with E-state index in [-0.39, 0.29) is 0 Å². The van der Waals surface area contributed by atoms with Crippen LogP contribution in [0, 0.1) is 0 Å². The Morgan fingerprint density at radius 3 is 2.80 bits per heavy atom. The number of hydrogen-bond acceptors (Lipinski definition) is 2. The van der Waals surface area contributed by atoms with Gasteiger partial charge >= 0.3 is 0 Å². The first-order chi connectivity index (χ1) is 4.79. The van der Waals surface area contributed by atoms with Gasteiger partial charge in [0.05, 0.1) is 5.69 Å². The van der Waals surface area contributed by atoms with Gasteiger partial charge < -0.3 is 10.3 Å². The van der Waals surface area contributed by atoms with Crippen molar-refractivity contribution < 1.29 is 4.39 Å². The molecule has 1 rings (SSSR count). The molecule has 0 saturated carbocycles. The van der Waals surface area contributed by atoms with E-state index in [2.05, 4.69) is 4.98 Å². The van der Waals surface area contributed by atoms with E-state index >= 15 is 0 Å². The molecule has 0 saturated heterocycles. The van der Waals surface area contributed by atoms with Gasteiger partial charge in [-0.05, 0) is 0 Å². The summed E-state index contributed by atoms with van der Waals surface area (Å²) in [4.78, 5) is 3.81. The SMILES string of the molecule is Cn1c(CN)cnc1CF. The fourth-order valence-corrected chi connectivity index (χ4v) is 0.802. The molecule has 0 radical (unpaired) electrons. The molecule has 0 aliphatic heterocycles. The van der Waals surface area contributed by atoms with Crippen LogP contribution in [-0.2, 0) is 20.3 Å². The molecule has 0 bridgehead atoms. The van der Waals surface area contributed by atoms with E-state index in [1.54, 1.807) is 17.8 Å². The van der Waals surface area contributed by atoms with Gasteiger partial charge in [0.25, 0.3) is 0 Å². The Morgan fingerprint density at radius 1 is 1.80 bits per heavy atom. The van der Waals surface area contributed by atoms with Gasteiger partial charge in [-0.1, -0.05) is 0 Å². The highest BCUT2D eigenvalue weighted by Crippen LogP contribution is 2.02. The molecule has 1 aromatic rings. The summed E-state index contributed by atoms with van der Waals surface area (Å²) in [5.74, 6) is 0.431. The van der Waals surface area contributed by atoms with Gasteiger partial charge in [0, 0.05) is 19.8 Å². The number of aromatic nitrogens is 2. The van der Waals surface area contributed by atoms with Gasteiger partial charge in [-0.2, -0.15) is 0 Å². The van der Waals surface area contributed by atoms with E-state index in [0.717, 1.165) is 5.69 Å². The van der Waals surface area contributed by atoms with Crippen LogP contribution in [0.5, 0.6) is 0 Å². The monoisotopic (exact) mass is 143 g/mol. The van der Waals surface area contributed by atoms with Crippen molar-refractivity contribution in [2.24, 2.45) is 12.8 Å². The largest absolute Gasteiger partial charge is 0.332 e. The zero-order valence-corrected chi connectivity index (χ0v) is 5.84. The van der Waals surface area contributed by atoms with Crippen LogP contribution >= 0.6 is 0 Å². The van der Waals surface area contributed by atoms with Crippen LogP contribution in [0.25, 0.3) is 0 Å². The number of alkyl halides is 1. The highest BCUT2D eigenvalue weighted by Gasteiger charge is 2.02. The molecule has 1 aromatic heterocycles. The van der Waals surface area contributed by atoms with Gasteiger partial charge in [-0.15, -0.1) is 0 Å². The number of halogens is 1. The Morgan fingerprint density at radius 2 is 2.50 bits per heavy atom. The molecule has 0 aliphatic rings. The molecule has 2 N–H and O–H groups in total. The quantitative estimate of drug-likeness (QED) is 0.649. The molecule has 10 heavy (non-hydrogen) atoms. The minimum atomic E-state index is -0.531. The second-order valence-corrected chi connectivity index (χ2v) is 2.06. The topological polar surface area (TPSA) is 43.8 Å². The van der Waals surface area contributed by atoms with Crippen LogP contribution in [0.1, 0.15) is 11.5 Å². The average Bonchev–Trinajstić information content (AvgIpc) is 2.30. The fraction of sp³-hybridized carbons (Fsp3) is 0.500. The molecule has 0 fully saturated rings. The Bertz CT molecular complexity index is 197. The molecule has 0 aliphatic carbocycles. The summed E-state index contributed by atoms with van der Waals surface area (Å²) in [6.07, 6.45) is 1.59. The smallest absolute Gasteiger partial charge is 0.147 e. The highest BCUT2D eigenvalue weighted by atomic mass is 19.1. The second-order valence-electron chi connectivity index (χ2n) is 2.06. The molecule has 1 heterocycles. The summed E-state index contributed by atoms with van der Waals surface area (Å²) in [5, 5.41) is 0. The van der Waals surface area contributed by atoms with Gasteiger partial charge in [0.1, 0.15) is 12.5 Å². The van der Waals surface area contributed by atoms with Crippen molar-refractivity contribution in [2.75, 3.05) is 0 Å². The number of rotatable bonds is 2. The van der Waals surface area contributed by atoms with E-state index < -0.39 is 6.67 Å². The molecule has 56 valence electrons. The van der Waals surface area contributed by atoms with Crippen LogP contribution in [-0.4, -0.2) is 9.55 Å². The third-order valence-corrected chi connectivity index (χ3v) is 1.51. The van der Waals surface area contributed by atoms with Gasteiger partial charge in [-0.3, -0.25) is 0 Å². The van der Waals surface area contributed by atoms with Gasteiger partial charge in [-0.25, -0.2) is 9.37 Å². The van der Waals surface area contributed by atoms with E-state index in [1.165, 1.54) is 0 Å². The van der Waals surface area contributed by atoms with Crippen LogP contribution in [0.4, 0.5) is 4.39 Å². The Hall–Kier alpha value is -0.900. The van der Waals surface area contributed by atoms with Crippen LogP contribution in [0.15, 0.2) is 6.20 Å². The fourth-order valence-electron chi connectivity index (χ4n) is 0.802. The average molecular weight is 143 g/mol. The van der Waals surface area contributed by atoms with E-state index in [9.17, 15) is 4.39 Å². The lowest BCUT2D eigenvalue weighted by molar-refractivity contribution is 0.454. The third-order valence-electron chi connectivity index (χ3n) is 1.51. The van der Waals surface area contributed by atoms with Crippen molar-refractivity contribution in [1.29, 1.82) is 0 Å². The van der Waals surface area contributed by atoms with Crippen molar-refractivity contribution >= 4 is 0 Å². The second kappa shape index (κ2) is 2.79. The zero-order valence-electron chi connectivity index (χ0n) is 5.84. The number of hydrogen-bond donors (Lipinski definition) is 1. The predicted molar refractivity (Wildman–Crippen MR) is 35.9 cm³/mol. The van der Waals surface area contributed by atoms with Crippen molar-refractivity contribution in [2.45, 2.75) is 13.2 Å². The first-order valence-electron chi connectivity index (χ1n) is 3.05. The third kappa shape index (κ3) is 1.02. The molecule has 0 atom stereocenters. The van der Waals surface area contributed by atoms with Crippen LogP contribution in [0.3, 0.4) is 0 Å². The maximum Gasteiger partial charge on any atom is 0.147 e. The molecule has 3 nitrogen and oxygen atoms in total. The Balaban J connectivity index is 2.97. The normalized spacial score (nSPS) is 10.3. The van der Waals surface area contributed by atoms with Crippen molar-refractivity contribution in [3.63, 3.8) is 0 Å². The van der Waals surface area contributed by atoms with Crippen LogP contribution < -0.4 is 5.73 Å². The standard InChI is InChI=1S/C6H10FN3/c1-10-5(3-8)4-9-6(10)2-7/h4H,2-3,8H2,1H3. The number of nitrogens with zero attached hydrogens (tertiary/aromatic N) is 2. The summed E-state index contributed by atoms with van der Waals surface area (Å²) >= 11 is 0. The van der Waals surface area contributed by atoms with E-state index in [4.69, 9.17) is 5.73 Å². The lowest BCUT2D eigenvalue weighted by Gasteiger charge is -1.98. The van der Waals surface area contributed by atoms with Crippen molar-refractivity contribution in [3.05, 3.63) is 17.7 Å². The van der Waals surface area contributed by atoms with Crippen LogP contribution in [0.2, 0.25) is 0 Å². The lowest BCUT2D eigenvalue weighted by atomic mass is 10.5. The molecule has 4 heteroatoms. The maximum atomic E-state index is 12.0. The van der Waals surface area contributed by atoms with Gasteiger partial charge in [0.15, 0.2) is 0 Å². The lowest BCUT2D eigenvalue weighted by Crippen LogP contribution is -2.05. The maximum absolute atomic E-state index is 12.0. The summed E-state index contributed by atoms with van der Waals surface area (Å²) in [7, 11) is 1.75. The highest BCUT2D eigenvalue weighted by molar-refractivity contribution is 5.03. The Kier molecular flexibility index (Phi) is 2.01. The molecule has 0 amide bonds. The Labute approximate surface area is 58.7 Å². The first-order valence-corrected chi connectivity index (χ1v) is 3.05. The van der Waals surface area contributed by atoms with Crippen molar-refractivity contribution in [3.8, 4) is 0 Å². The molecular weight excluding hydrogens is 133 g/mol. The minimum absolute atomic E-state index is 0.406. The van der Waals surface area contributed by atoms with E-state index in [0.29, 0.717) is 12.4 Å². The molecular formula is C6H10FN3. The molecule has 0 unspecified atom stereocenters. The van der Waals surface area contributed by atoms with Crippen molar-refractivity contribution in [1.82, 2.24) is 9.55 Å².